The molecule has 1 rings (SSSR count). The molecule has 0 spiro atoms. The number of amides is 1. The van der Waals surface area contributed by atoms with Gasteiger partial charge in [0.25, 0.3) is 0 Å². The average Bonchev–Trinajstić information content (AvgIpc) is 2.25. The highest BCUT2D eigenvalue weighted by Gasteiger charge is 2.17. The van der Waals surface area contributed by atoms with Gasteiger partial charge in [0.2, 0.25) is 0 Å². The van der Waals surface area contributed by atoms with Gasteiger partial charge in [-0.1, -0.05) is 28.6 Å². The summed E-state index contributed by atoms with van der Waals surface area (Å²) in [7, 11) is 0. The summed E-state index contributed by atoms with van der Waals surface area (Å²) in [6, 6.07) is 5.52. The largest absolute Gasteiger partial charge is 0.444 e. The predicted molar refractivity (Wildman–Crippen MR) is 82.1 cm³/mol. The Morgan fingerprint density at radius 2 is 2.11 bits per heavy atom. The minimum absolute atomic E-state index is 0.324. The van der Waals surface area contributed by atoms with E-state index in [1.807, 2.05) is 32.9 Å². The fraction of sp³-hybridized carbons (Fsp3) is 0.357. The van der Waals surface area contributed by atoms with Crippen LogP contribution in [0.2, 0.25) is 0 Å². The first-order valence-corrected chi connectivity index (χ1v) is 6.70. The standard InChI is InChI=1S/C14H19BrN2O2/c1-9(8-16)11-6-5-10(15)7-12(11)17-13(18)19-14(2,3)4/h5-7H,1,8,16H2,2-4H3,(H,17,18). The zero-order valence-electron chi connectivity index (χ0n) is 11.4. The number of hydrogen-bond acceptors (Lipinski definition) is 3. The first-order chi connectivity index (χ1) is 8.73. The zero-order chi connectivity index (χ0) is 14.6. The number of ether oxygens (including phenoxy) is 1. The minimum atomic E-state index is -0.541. The van der Waals surface area contributed by atoms with E-state index in [9.17, 15) is 4.79 Å². The molecule has 0 aliphatic rings. The number of benzene rings is 1. The summed E-state index contributed by atoms with van der Waals surface area (Å²) in [4.78, 5) is 11.8. The van der Waals surface area contributed by atoms with Crippen LogP contribution in [0.3, 0.4) is 0 Å². The van der Waals surface area contributed by atoms with Gasteiger partial charge in [-0.2, -0.15) is 0 Å². The fourth-order valence-electron chi connectivity index (χ4n) is 1.45. The van der Waals surface area contributed by atoms with Gasteiger partial charge >= 0.3 is 6.09 Å². The summed E-state index contributed by atoms with van der Waals surface area (Å²) in [5.41, 5.74) is 7.22. The van der Waals surface area contributed by atoms with Crippen molar-refractivity contribution in [3.05, 3.63) is 34.8 Å². The average molecular weight is 327 g/mol. The number of carbonyl (C=O) groups excluding carboxylic acids is 1. The Balaban J connectivity index is 2.96. The molecule has 0 aliphatic carbocycles. The van der Waals surface area contributed by atoms with Crippen LogP contribution in [0.15, 0.2) is 29.3 Å². The minimum Gasteiger partial charge on any atom is -0.444 e. The van der Waals surface area contributed by atoms with Crippen molar-refractivity contribution in [1.82, 2.24) is 0 Å². The van der Waals surface area contributed by atoms with E-state index >= 15 is 0 Å². The second-order valence-electron chi connectivity index (χ2n) is 5.12. The molecule has 0 aliphatic heterocycles. The van der Waals surface area contributed by atoms with Crippen LogP contribution < -0.4 is 11.1 Å². The maximum atomic E-state index is 11.8. The highest BCUT2D eigenvalue weighted by atomic mass is 79.9. The van der Waals surface area contributed by atoms with Crippen molar-refractivity contribution in [2.24, 2.45) is 5.73 Å². The van der Waals surface area contributed by atoms with Crippen LogP contribution >= 0.6 is 15.9 Å². The Bertz CT molecular complexity index is 493. The lowest BCUT2D eigenvalue weighted by Gasteiger charge is -2.20. The van der Waals surface area contributed by atoms with Crippen LogP contribution in [0, 0.1) is 0 Å². The van der Waals surface area contributed by atoms with Gasteiger partial charge in [0, 0.05) is 16.6 Å². The number of nitrogens with one attached hydrogen (secondary N) is 1. The van der Waals surface area contributed by atoms with Crippen molar-refractivity contribution in [3.63, 3.8) is 0 Å². The number of halogens is 1. The lowest BCUT2D eigenvalue weighted by Crippen LogP contribution is -2.27. The summed E-state index contributed by atoms with van der Waals surface area (Å²) in [5, 5.41) is 2.72. The number of rotatable bonds is 3. The molecule has 0 atom stereocenters. The van der Waals surface area contributed by atoms with Crippen LogP contribution in [0.5, 0.6) is 0 Å². The summed E-state index contributed by atoms with van der Waals surface area (Å²) in [5.74, 6) is 0. The number of hydrogen-bond donors (Lipinski definition) is 2. The third kappa shape index (κ3) is 5.04. The van der Waals surface area contributed by atoms with Crippen molar-refractivity contribution in [3.8, 4) is 0 Å². The highest BCUT2D eigenvalue weighted by molar-refractivity contribution is 9.10. The van der Waals surface area contributed by atoms with E-state index in [0.717, 1.165) is 15.6 Å². The molecule has 1 aromatic rings. The first-order valence-electron chi connectivity index (χ1n) is 5.90. The van der Waals surface area contributed by atoms with Crippen LogP contribution in [0.1, 0.15) is 26.3 Å². The molecule has 0 saturated carbocycles. The Morgan fingerprint density at radius 1 is 1.47 bits per heavy atom. The molecule has 19 heavy (non-hydrogen) atoms. The van der Waals surface area contributed by atoms with Gasteiger partial charge in [0.15, 0.2) is 0 Å². The maximum Gasteiger partial charge on any atom is 0.412 e. The van der Waals surface area contributed by atoms with E-state index in [1.165, 1.54) is 0 Å². The normalized spacial score (nSPS) is 11.0. The number of carbonyl (C=O) groups is 1. The topological polar surface area (TPSA) is 64.3 Å². The van der Waals surface area contributed by atoms with Gasteiger partial charge in [0.1, 0.15) is 5.60 Å². The molecule has 0 bridgehead atoms. The lowest BCUT2D eigenvalue weighted by molar-refractivity contribution is 0.0636. The van der Waals surface area contributed by atoms with E-state index in [0.29, 0.717) is 12.2 Å². The number of anilines is 1. The molecule has 3 N–H and O–H groups in total. The molecule has 0 fully saturated rings. The summed E-state index contributed by atoms with van der Waals surface area (Å²) in [6.07, 6.45) is -0.503. The molecule has 0 unspecified atom stereocenters. The maximum absolute atomic E-state index is 11.8. The molecule has 4 nitrogen and oxygen atoms in total. The Morgan fingerprint density at radius 3 is 2.63 bits per heavy atom. The second kappa shape index (κ2) is 6.21. The molecule has 1 aromatic carbocycles. The molecule has 0 heterocycles. The zero-order valence-corrected chi connectivity index (χ0v) is 13.0. The molecule has 104 valence electrons. The second-order valence-corrected chi connectivity index (χ2v) is 6.04. The molecular weight excluding hydrogens is 308 g/mol. The number of nitrogens with two attached hydrogens (primary N) is 1. The Hall–Kier alpha value is -1.33. The third-order valence-electron chi connectivity index (χ3n) is 2.24. The molecule has 0 radical (unpaired) electrons. The third-order valence-corrected chi connectivity index (χ3v) is 2.74. The molecule has 0 aromatic heterocycles. The van der Waals surface area contributed by atoms with E-state index < -0.39 is 11.7 Å². The van der Waals surface area contributed by atoms with E-state index in [4.69, 9.17) is 10.5 Å². The van der Waals surface area contributed by atoms with E-state index in [2.05, 4.69) is 27.8 Å². The van der Waals surface area contributed by atoms with Gasteiger partial charge in [-0.15, -0.1) is 0 Å². The van der Waals surface area contributed by atoms with Gasteiger partial charge in [-0.05, 0) is 38.5 Å². The van der Waals surface area contributed by atoms with E-state index in [1.54, 1.807) is 6.07 Å². The van der Waals surface area contributed by atoms with Crippen molar-refractivity contribution >= 4 is 33.3 Å². The highest BCUT2D eigenvalue weighted by Crippen LogP contribution is 2.26. The van der Waals surface area contributed by atoms with Crippen LogP contribution in [0.4, 0.5) is 10.5 Å². The summed E-state index contributed by atoms with van der Waals surface area (Å²) in [6.45, 7) is 9.65. The van der Waals surface area contributed by atoms with Crippen molar-refractivity contribution < 1.29 is 9.53 Å². The molecular formula is C14H19BrN2O2. The lowest BCUT2D eigenvalue weighted by atomic mass is 10.1. The van der Waals surface area contributed by atoms with Gasteiger partial charge < -0.3 is 10.5 Å². The van der Waals surface area contributed by atoms with E-state index in [-0.39, 0.29) is 0 Å². The SMILES string of the molecule is C=C(CN)c1ccc(Br)cc1NC(=O)OC(C)(C)C. The first kappa shape index (κ1) is 15.7. The smallest absolute Gasteiger partial charge is 0.412 e. The quantitative estimate of drug-likeness (QED) is 0.888. The van der Waals surface area contributed by atoms with Crippen molar-refractivity contribution in [1.29, 1.82) is 0 Å². The van der Waals surface area contributed by atoms with Crippen molar-refractivity contribution in [2.75, 3.05) is 11.9 Å². The van der Waals surface area contributed by atoms with Crippen LogP contribution in [0.25, 0.3) is 5.57 Å². The summed E-state index contributed by atoms with van der Waals surface area (Å²) >= 11 is 3.37. The Labute approximate surface area is 122 Å². The Kier molecular flexibility index (Phi) is 5.14. The van der Waals surface area contributed by atoms with Gasteiger partial charge in [-0.25, -0.2) is 4.79 Å². The van der Waals surface area contributed by atoms with Crippen LogP contribution in [-0.4, -0.2) is 18.2 Å². The fourth-order valence-corrected chi connectivity index (χ4v) is 1.81. The summed E-state index contributed by atoms with van der Waals surface area (Å²) < 4.78 is 6.08. The molecule has 1 amide bonds. The molecule has 0 saturated heterocycles. The van der Waals surface area contributed by atoms with Gasteiger partial charge in [0.05, 0.1) is 5.69 Å². The molecule has 5 heteroatoms. The predicted octanol–water partition coefficient (Wildman–Crippen LogP) is 3.77. The van der Waals surface area contributed by atoms with Crippen molar-refractivity contribution in [2.45, 2.75) is 26.4 Å². The van der Waals surface area contributed by atoms with Gasteiger partial charge in [-0.3, -0.25) is 5.32 Å². The monoisotopic (exact) mass is 326 g/mol. The van der Waals surface area contributed by atoms with Crippen LogP contribution in [-0.2, 0) is 4.74 Å².